The average molecular weight is 388 g/mol. The van der Waals surface area contributed by atoms with Crippen molar-refractivity contribution in [3.8, 4) is 5.75 Å². The van der Waals surface area contributed by atoms with Crippen LogP contribution in [0.5, 0.6) is 5.75 Å². The monoisotopic (exact) mass is 387 g/mol. The van der Waals surface area contributed by atoms with Gasteiger partial charge in [-0.1, -0.05) is 11.6 Å². The van der Waals surface area contributed by atoms with Crippen LogP contribution in [0.15, 0.2) is 42.5 Å². The summed E-state index contributed by atoms with van der Waals surface area (Å²) in [5, 5.41) is 3.42. The number of hydrogen-bond acceptors (Lipinski definition) is 4. The zero-order chi connectivity index (χ0) is 19.4. The zero-order valence-electron chi connectivity index (χ0n) is 15.4. The second kappa shape index (κ2) is 8.31. The fraction of sp³-hybridized carbons (Fsp3) is 0.300. The minimum atomic E-state index is -0.212. The average Bonchev–Trinajstić information content (AvgIpc) is 2.68. The molecule has 0 aromatic heterocycles. The summed E-state index contributed by atoms with van der Waals surface area (Å²) in [6.07, 6.45) is 0. The van der Waals surface area contributed by atoms with Crippen LogP contribution >= 0.6 is 11.6 Å². The highest BCUT2D eigenvalue weighted by Gasteiger charge is 2.20. The number of ether oxygens (including phenoxy) is 1. The molecule has 0 bridgehead atoms. The number of nitrogens with one attached hydrogen (secondary N) is 1. The van der Waals surface area contributed by atoms with E-state index in [1.807, 2.05) is 17.0 Å². The van der Waals surface area contributed by atoms with Crippen LogP contribution in [0.3, 0.4) is 0 Å². The predicted molar refractivity (Wildman–Crippen MR) is 107 cm³/mol. The molecule has 1 saturated heterocycles. The SMILES string of the molecule is COc1ccc(C(=O)Nc2ccc(N3CCN(C(C)=O)CC3)c(Cl)c2)cc1. The minimum Gasteiger partial charge on any atom is -0.497 e. The number of nitrogens with zero attached hydrogens (tertiary/aromatic N) is 2. The van der Waals surface area contributed by atoms with Gasteiger partial charge in [0.2, 0.25) is 5.91 Å². The third-order valence-electron chi connectivity index (χ3n) is 4.62. The van der Waals surface area contributed by atoms with Crippen molar-refractivity contribution in [2.75, 3.05) is 43.5 Å². The van der Waals surface area contributed by atoms with Crippen LogP contribution in [0, 0.1) is 0 Å². The maximum Gasteiger partial charge on any atom is 0.255 e. The van der Waals surface area contributed by atoms with Gasteiger partial charge in [0.15, 0.2) is 0 Å². The van der Waals surface area contributed by atoms with E-state index in [0.717, 1.165) is 18.8 Å². The van der Waals surface area contributed by atoms with Crippen LogP contribution in [0.2, 0.25) is 5.02 Å². The summed E-state index contributed by atoms with van der Waals surface area (Å²) in [6, 6.07) is 12.4. The van der Waals surface area contributed by atoms with Crippen molar-refractivity contribution in [3.63, 3.8) is 0 Å². The maximum absolute atomic E-state index is 12.4. The van der Waals surface area contributed by atoms with Crippen molar-refractivity contribution < 1.29 is 14.3 Å². The van der Waals surface area contributed by atoms with Crippen LogP contribution in [-0.2, 0) is 4.79 Å². The Morgan fingerprint density at radius 3 is 2.26 bits per heavy atom. The first-order chi connectivity index (χ1) is 13.0. The Morgan fingerprint density at radius 2 is 1.70 bits per heavy atom. The summed E-state index contributed by atoms with van der Waals surface area (Å²) in [4.78, 5) is 27.8. The van der Waals surface area contributed by atoms with Crippen LogP contribution in [-0.4, -0.2) is 50.0 Å². The molecule has 0 saturated carbocycles. The standard InChI is InChI=1S/C20H22ClN3O3/c1-14(25)23-9-11-24(12-10-23)19-8-5-16(13-18(19)21)22-20(26)15-3-6-17(27-2)7-4-15/h3-8,13H,9-12H2,1-2H3,(H,22,26). The number of anilines is 2. The van der Waals surface area contributed by atoms with Gasteiger partial charge in [0.25, 0.3) is 5.91 Å². The molecule has 2 amide bonds. The van der Waals surface area contributed by atoms with Gasteiger partial charge in [-0.05, 0) is 42.5 Å². The fourth-order valence-corrected chi connectivity index (χ4v) is 3.35. The Hall–Kier alpha value is -2.73. The highest BCUT2D eigenvalue weighted by Crippen LogP contribution is 2.30. The molecule has 0 aliphatic carbocycles. The number of benzene rings is 2. The molecule has 142 valence electrons. The third-order valence-corrected chi connectivity index (χ3v) is 4.93. The molecule has 1 fully saturated rings. The third kappa shape index (κ3) is 4.52. The largest absolute Gasteiger partial charge is 0.497 e. The normalized spacial score (nSPS) is 14.0. The molecule has 2 aromatic carbocycles. The molecule has 3 rings (SSSR count). The highest BCUT2D eigenvalue weighted by molar-refractivity contribution is 6.33. The van der Waals surface area contributed by atoms with Crippen LogP contribution < -0.4 is 15.0 Å². The first kappa shape index (κ1) is 19.0. The van der Waals surface area contributed by atoms with E-state index in [2.05, 4.69) is 10.2 Å². The lowest BCUT2D eigenvalue weighted by atomic mass is 10.2. The summed E-state index contributed by atoms with van der Waals surface area (Å²) >= 11 is 6.44. The van der Waals surface area contributed by atoms with E-state index in [9.17, 15) is 9.59 Å². The van der Waals surface area contributed by atoms with Crippen LogP contribution in [0.25, 0.3) is 0 Å². The Bertz CT molecular complexity index is 831. The second-order valence-corrected chi connectivity index (χ2v) is 6.75. The van der Waals surface area contributed by atoms with Crippen molar-refractivity contribution in [3.05, 3.63) is 53.1 Å². The van der Waals surface area contributed by atoms with Crippen molar-refractivity contribution in [2.45, 2.75) is 6.92 Å². The van der Waals surface area contributed by atoms with Crippen LogP contribution in [0.1, 0.15) is 17.3 Å². The van der Waals surface area contributed by atoms with Crippen molar-refractivity contribution in [1.82, 2.24) is 4.90 Å². The molecule has 7 heteroatoms. The number of methoxy groups -OCH3 is 1. The van der Waals surface area contributed by atoms with Crippen molar-refractivity contribution in [2.24, 2.45) is 0 Å². The number of amides is 2. The Morgan fingerprint density at radius 1 is 1.04 bits per heavy atom. The van der Waals surface area contributed by atoms with Gasteiger partial charge < -0.3 is 19.9 Å². The Labute approximate surface area is 163 Å². The molecule has 0 spiro atoms. The molecule has 0 atom stereocenters. The van der Waals surface area contributed by atoms with E-state index in [0.29, 0.717) is 35.1 Å². The molecular formula is C20H22ClN3O3. The van der Waals surface area contributed by atoms with Gasteiger partial charge in [-0.2, -0.15) is 0 Å². The van der Waals surface area contributed by atoms with Gasteiger partial charge in [0, 0.05) is 44.4 Å². The van der Waals surface area contributed by atoms with E-state index in [-0.39, 0.29) is 11.8 Å². The van der Waals surface area contributed by atoms with Crippen molar-refractivity contribution in [1.29, 1.82) is 0 Å². The van der Waals surface area contributed by atoms with E-state index in [4.69, 9.17) is 16.3 Å². The number of rotatable bonds is 4. The lowest BCUT2D eigenvalue weighted by Crippen LogP contribution is -2.48. The molecule has 1 heterocycles. The molecule has 0 unspecified atom stereocenters. The number of carbonyl (C=O) groups is 2. The molecule has 1 N–H and O–H groups in total. The summed E-state index contributed by atoms with van der Waals surface area (Å²) < 4.78 is 5.10. The molecular weight excluding hydrogens is 366 g/mol. The van der Waals surface area contributed by atoms with E-state index >= 15 is 0 Å². The summed E-state index contributed by atoms with van der Waals surface area (Å²) in [5.74, 6) is 0.581. The van der Waals surface area contributed by atoms with Gasteiger partial charge in [-0.15, -0.1) is 0 Å². The van der Waals surface area contributed by atoms with Gasteiger partial charge in [-0.3, -0.25) is 9.59 Å². The number of carbonyl (C=O) groups excluding carboxylic acids is 2. The van der Waals surface area contributed by atoms with Gasteiger partial charge in [-0.25, -0.2) is 0 Å². The second-order valence-electron chi connectivity index (χ2n) is 6.34. The van der Waals surface area contributed by atoms with E-state index in [1.54, 1.807) is 44.4 Å². The van der Waals surface area contributed by atoms with E-state index < -0.39 is 0 Å². The Balaban J connectivity index is 1.66. The van der Waals surface area contributed by atoms with Gasteiger partial charge >= 0.3 is 0 Å². The predicted octanol–water partition coefficient (Wildman–Crippen LogP) is 3.27. The summed E-state index contributed by atoms with van der Waals surface area (Å²) in [6.45, 7) is 4.42. The highest BCUT2D eigenvalue weighted by atomic mass is 35.5. The first-order valence-corrected chi connectivity index (χ1v) is 9.11. The van der Waals surface area contributed by atoms with Crippen LogP contribution in [0.4, 0.5) is 11.4 Å². The molecule has 2 aromatic rings. The minimum absolute atomic E-state index is 0.0948. The van der Waals surface area contributed by atoms with Gasteiger partial charge in [0.1, 0.15) is 5.75 Å². The fourth-order valence-electron chi connectivity index (χ4n) is 3.05. The van der Waals surface area contributed by atoms with Gasteiger partial charge in [0.05, 0.1) is 17.8 Å². The summed E-state index contributed by atoms with van der Waals surface area (Å²) in [5.41, 5.74) is 2.07. The quantitative estimate of drug-likeness (QED) is 0.874. The molecule has 0 radical (unpaired) electrons. The molecule has 1 aliphatic heterocycles. The zero-order valence-corrected chi connectivity index (χ0v) is 16.1. The maximum atomic E-state index is 12.4. The molecule has 1 aliphatic rings. The lowest BCUT2D eigenvalue weighted by molar-refractivity contribution is -0.129. The first-order valence-electron chi connectivity index (χ1n) is 8.73. The van der Waals surface area contributed by atoms with E-state index in [1.165, 1.54) is 0 Å². The summed E-state index contributed by atoms with van der Waals surface area (Å²) in [7, 11) is 1.58. The number of piperazine rings is 1. The number of halogens is 1. The topological polar surface area (TPSA) is 61.9 Å². The molecule has 6 nitrogen and oxygen atoms in total. The number of hydrogen-bond donors (Lipinski definition) is 1. The van der Waals surface area contributed by atoms with Crippen molar-refractivity contribution >= 4 is 34.8 Å². The Kier molecular flexibility index (Phi) is 5.86. The lowest BCUT2D eigenvalue weighted by Gasteiger charge is -2.36. The molecule has 27 heavy (non-hydrogen) atoms. The smallest absolute Gasteiger partial charge is 0.255 e.